The van der Waals surface area contributed by atoms with Gasteiger partial charge in [-0.3, -0.25) is 0 Å². The Bertz CT molecular complexity index is 384. The van der Waals surface area contributed by atoms with Crippen LogP contribution in [0, 0.1) is 6.92 Å². The minimum atomic E-state index is 0.421. The van der Waals surface area contributed by atoms with Crippen LogP contribution in [0.15, 0.2) is 12.1 Å². The predicted molar refractivity (Wildman–Crippen MR) is 68.9 cm³/mol. The van der Waals surface area contributed by atoms with Gasteiger partial charge in [0, 0.05) is 17.7 Å². The second-order valence-electron chi connectivity index (χ2n) is 4.56. The van der Waals surface area contributed by atoms with Crippen molar-refractivity contribution in [2.24, 2.45) is 0 Å². The zero-order valence-electron chi connectivity index (χ0n) is 10.9. The molecule has 0 spiro atoms. The highest BCUT2D eigenvalue weighted by Crippen LogP contribution is 2.36. The molecule has 1 aliphatic rings. The molecule has 1 atom stereocenters. The first-order chi connectivity index (χ1) is 8.26. The fraction of sp³-hybridized carbons (Fsp3) is 0.571. The number of hydrogen-bond acceptors (Lipinski definition) is 3. The molecule has 3 nitrogen and oxygen atoms in total. The number of hydrogen-bond donors (Lipinski definition) is 1. The number of nitrogens with one attached hydrogen (secondary N) is 1. The Morgan fingerprint density at radius 1 is 1.18 bits per heavy atom. The molecule has 0 aromatic heterocycles. The average molecular weight is 235 g/mol. The molecule has 1 aliphatic heterocycles. The van der Waals surface area contributed by atoms with Crippen LogP contribution in [0.25, 0.3) is 0 Å². The fourth-order valence-corrected chi connectivity index (χ4v) is 2.57. The quantitative estimate of drug-likeness (QED) is 0.874. The van der Waals surface area contributed by atoms with Crippen molar-refractivity contribution in [2.45, 2.75) is 32.2 Å². The Morgan fingerprint density at radius 3 is 2.59 bits per heavy atom. The zero-order chi connectivity index (χ0) is 12.3. The fourth-order valence-electron chi connectivity index (χ4n) is 2.57. The van der Waals surface area contributed by atoms with E-state index in [1.807, 2.05) is 6.07 Å². The third-order valence-electron chi connectivity index (χ3n) is 3.44. The molecule has 1 fully saturated rings. The second kappa shape index (κ2) is 5.41. The Balaban J connectivity index is 2.36. The van der Waals surface area contributed by atoms with Gasteiger partial charge in [-0.15, -0.1) is 0 Å². The molecule has 0 aliphatic carbocycles. The summed E-state index contributed by atoms with van der Waals surface area (Å²) >= 11 is 0. The summed E-state index contributed by atoms with van der Waals surface area (Å²) in [6.45, 7) is 3.22. The molecule has 1 aromatic rings. The van der Waals surface area contributed by atoms with E-state index in [2.05, 4.69) is 18.3 Å². The van der Waals surface area contributed by atoms with E-state index >= 15 is 0 Å². The molecule has 1 heterocycles. The molecule has 3 heteroatoms. The third-order valence-corrected chi connectivity index (χ3v) is 3.44. The molecule has 2 rings (SSSR count). The van der Waals surface area contributed by atoms with Crippen molar-refractivity contribution in [3.05, 3.63) is 23.3 Å². The van der Waals surface area contributed by atoms with Crippen LogP contribution in [-0.2, 0) is 0 Å². The average Bonchev–Trinajstić information content (AvgIpc) is 2.38. The summed E-state index contributed by atoms with van der Waals surface area (Å²) in [5, 5.41) is 3.57. The maximum Gasteiger partial charge on any atom is 0.127 e. The van der Waals surface area contributed by atoms with Gasteiger partial charge in [0.05, 0.1) is 14.2 Å². The Kier molecular flexibility index (Phi) is 3.89. The lowest BCUT2D eigenvalue weighted by Gasteiger charge is -2.27. The number of aryl methyl sites for hydroxylation is 1. The minimum Gasteiger partial charge on any atom is -0.497 e. The molecular formula is C14H21NO2. The van der Waals surface area contributed by atoms with E-state index in [9.17, 15) is 0 Å². The van der Waals surface area contributed by atoms with Gasteiger partial charge in [0.25, 0.3) is 0 Å². The Hall–Kier alpha value is -1.22. The largest absolute Gasteiger partial charge is 0.497 e. The van der Waals surface area contributed by atoms with Crippen LogP contribution in [-0.4, -0.2) is 20.8 Å². The van der Waals surface area contributed by atoms with Gasteiger partial charge in [-0.25, -0.2) is 0 Å². The van der Waals surface area contributed by atoms with E-state index in [0.717, 1.165) is 18.0 Å². The highest BCUT2D eigenvalue weighted by atomic mass is 16.5. The van der Waals surface area contributed by atoms with Crippen LogP contribution >= 0.6 is 0 Å². The summed E-state index contributed by atoms with van der Waals surface area (Å²) in [6, 6.07) is 4.47. The molecule has 0 bridgehead atoms. The number of benzene rings is 1. The highest BCUT2D eigenvalue weighted by molar-refractivity contribution is 5.48. The molecule has 94 valence electrons. The first kappa shape index (κ1) is 12.2. The summed E-state index contributed by atoms with van der Waals surface area (Å²) in [4.78, 5) is 0. The normalized spacial score (nSPS) is 20.1. The van der Waals surface area contributed by atoms with E-state index in [4.69, 9.17) is 9.47 Å². The lowest BCUT2D eigenvalue weighted by atomic mass is 9.93. The van der Waals surface area contributed by atoms with Crippen molar-refractivity contribution in [3.63, 3.8) is 0 Å². The van der Waals surface area contributed by atoms with Crippen LogP contribution in [0.3, 0.4) is 0 Å². The number of ether oxygens (including phenoxy) is 2. The van der Waals surface area contributed by atoms with Crippen molar-refractivity contribution in [2.75, 3.05) is 20.8 Å². The standard InChI is InChI=1S/C14H21NO2/c1-10-8-11(16-2)9-13(17-3)14(10)12-6-4-5-7-15-12/h8-9,12,15H,4-7H2,1-3H3. The first-order valence-corrected chi connectivity index (χ1v) is 6.22. The molecule has 17 heavy (non-hydrogen) atoms. The van der Waals surface area contributed by atoms with Gasteiger partial charge in [-0.2, -0.15) is 0 Å². The highest BCUT2D eigenvalue weighted by Gasteiger charge is 2.21. The van der Waals surface area contributed by atoms with E-state index in [0.29, 0.717) is 6.04 Å². The first-order valence-electron chi connectivity index (χ1n) is 6.22. The van der Waals surface area contributed by atoms with Crippen molar-refractivity contribution < 1.29 is 9.47 Å². The van der Waals surface area contributed by atoms with E-state index in [1.54, 1.807) is 14.2 Å². The number of rotatable bonds is 3. The SMILES string of the molecule is COc1cc(C)c(C2CCCCN2)c(OC)c1. The van der Waals surface area contributed by atoms with E-state index < -0.39 is 0 Å². The third kappa shape index (κ3) is 2.55. The molecule has 0 saturated carbocycles. The van der Waals surface area contributed by atoms with Crippen LogP contribution in [0.1, 0.15) is 36.4 Å². The van der Waals surface area contributed by atoms with Crippen molar-refractivity contribution in [3.8, 4) is 11.5 Å². The molecular weight excluding hydrogens is 214 g/mol. The summed E-state index contributed by atoms with van der Waals surface area (Å²) in [7, 11) is 3.41. The summed E-state index contributed by atoms with van der Waals surface area (Å²) in [5.41, 5.74) is 2.52. The summed E-state index contributed by atoms with van der Waals surface area (Å²) in [5.74, 6) is 1.79. The van der Waals surface area contributed by atoms with Crippen molar-refractivity contribution in [1.82, 2.24) is 5.32 Å². The molecule has 1 unspecified atom stereocenters. The minimum absolute atomic E-state index is 0.421. The van der Waals surface area contributed by atoms with Crippen LogP contribution in [0.5, 0.6) is 11.5 Å². The second-order valence-corrected chi connectivity index (χ2v) is 4.56. The zero-order valence-corrected chi connectivity index (χ0v) is 10.9. The van der Waals surface area contributed by atoms with Gasteiger partial charge in [0.15, 0.2) is 0 Å². The van der Waals surface area contributed by atoms with Gasteiger partial charge in [-0.05, 0) is 37.9 Å². The van der Waals surface area contributed by atoms with Crippen LogP contribution < -0.4 is 14.8 Å². The maximum atomic E-state index is 5.50. The molecule has 0 amide bonds. The van der Waals surface area contributed by atoms with Crippen molar-refractivity contribution in [1.29, 1.82) is 0 Å². The van der Waals surface area contributed by atoms with Gasteiger partial charge in [-0.1, -0.05) is 6.42 Å². The Morgan fingerprint density at radius 2 is 2.00 bits per heavy atom. The number of piperidine rings is 1. The molecule has 1 N–H and O–H groups in total. The lowest BCUT2D eigenvalue weighted by molar-refractivity contribution is 0.365. The lowest BCUT2D eigenvalue weighted by Crippen LogP contribution is -2.27. The summed E-state index contributed by atoms with van der Waals surface area (Å²) < 4.78 is 10.8. The molecule has 1 aromatic carbocycles. The van der Waals surface area contributed by atoms with Gasteiger partial charge in [0.1, 0.15) is 11.5 Å². The molecule has 1 saturated heterocycles. The van der Waals surface area contributed by atoms with Crippen LogP contribution in [0.2, 0.25) is 0 Å². The van der Waals surface area contributed by atoms with Gasteiger partial charge >= 0.3 is 0 Å². The van der Waals surface area contributed by atoms with Crippen molar-refractivity contribution >= 4 is 0 Å². The van der Waals surface area contributed by atoms with Gasteiger partial charge < -0.3 is 14.8 Å². The summed E-state index contributed by atoms with van der Waals surface area (Å²) in [6.07, 6.45) is 3.74. The molecule has 0 radical (unpaired) electrons. The van der Waals surface area contributed by atoms with E-state index in [-0.39, 0.29) is 0 Å². The predicted octanol–water partition coefficient (Wildman–Crippen LogP) is 2.83. The van der Waals surface area contributed by atoms with Crippen LogP contribution in [0.4, 0.5) is 0 Å². The maximum absolute atomic E-state index is 5.50. The smallest absolute Gasteiger partial charge is 0.127 e. The Labute approximate surface area is 103 Å². The van der Waals surface area contributed by atoms with E-state index in [1.165, 1.54) is 30.4 Å². The number of methoxy groups -OCH3 is 2. The monoisotopic (exact) mass is 235 g/mol. The van der Waals surface area contributed by atoms with Gasteiger partial charge in [0.2, 0.25) is 0 Å². The topological polar surface area (TPSA) is 30.5 Å².